The van der Waals surface area contributed by atoms with Crippen molar-refractivity contribution in [2.24, 2.45) is 0 Å². The Balaban J connectivity index is 3.90. The van der Waals surface area contributed by atoms with E-state index in [1.54, 1.807) is 0 Å². The molecule has 5 nitrogen and oxygen atoms in total. The maximum atomic E-state index is 10.8. The molecule has 7 heteroatoms. The topological polar surface area (TPSA) is 77.5 Å². The van der Waals surface area contributed by atoms with Crippen LogP contribution in [0.2, 0.25) is 0 Å². The van der Waals surface area contributed by atoms with Gasteiger partial charge in [0.1, 0.15) is 0 Å². The zero-order valence-corrected chi connectivity index (χ0v) is 9.18. The molecular formula is C7H12O5S2. The van der Waals surface area contributed by atoms with Crippen molar-refractivity contribution < 1.29 is 21.6 Å². The molecule has 82 valence electrons. The van der Waals surface area contributed by atoms with Gasteiger partial charge in [0.15, 0.2) is 25.6 Å². The Morgan fingerprint density at radius 1 is 1.00 bits per heavy atom. The normalized spacial score (nSPS) is 12.3. The molecule has 0 aromatic rings. The number of hydrogen-bond donors (Lipinski definition) is 0. The van der Waals surface area contributed by atoms with E-state index in [4.69, 9.17) is 0 Å². The van der Waals surface area contributed by atoms with E-state index in [2.05, 4.69) is 17.9 Å². The lowest BCUT2D eigenvalue weighted by atomic mass is 10.9. The molecule has 0 rings (SSSR count). The van der Waals surface area contributed by atoms with E-state index in [0.717, 1.165) is 10.8 Å². The zero-order valence-electron chi connectivity index (χ0n) is 7.55. The average Bonchev–Trinajstić information content (AvgIpc) is 2.13. The summed E-state index contributed by atoms with van der Waals surface area (Å²) in [6, 6.07) is 0. The maximum absolute atomic E-state index is 10.8. The quantitative estimate of drug-likeness (QED) is 0.589. The summed E-state index contributed by atoms with van der Waals surface area (Å²) in [6.07, 6.45) is 0. The fourth-order valence-electron chi connectivity index (χ4n) is 0.482. The number of rotatable bonds is 7. The predicted molar refractivity (Wildman–Crippen MR) is 53.9 cm³/mol. The molecular weight excluding hydrogens is 228 g/mol. The molecule has 0 aliphatic carbocycles. The molecule has 0 fully saturated rings. The van der Waals surface area contributed by atoms with Gasteiger partial charge in [-0.3, -0.25) is 0 Å². The minimum Gasteiger partial charge on any atom is -0.364 e. The smallest absolute Gasteiger partial charge is 0.194 e. The van der Waals surface area contributed by atoms with Gasteiger partial charge >= 0.3 is 0 Å². The zero-order chi connectivity index (χ0) is 11.2. The first-order chi connectivity index (χ1) is 6.33. The molecule has 0 spiro atoms. The molecule has 0 atom stereocenters. The highest BCUT2D eigenvalue weighted by Crippen LogP contribution is 1.94. The molecule has 0 aliphatic rings. The summed E-state index contributed by atoms with van der Waals surface area (Å²) < 4.78 is 47.9. The van der Waals surface area contributed by atoms with Crippen LogP contribution >= 0.6 is 0 Å². The number of ether oxygens (including phenoxy) is 1. The van der Waals surface area contributed by atoms with Crippen LogP contribution in [0.15, 0.2) is 24.0 Å². The lowest BCUT2D eigenvalue weighted by Crippen LogP contribution is -2.13. The van der Waals surface area contributed by atoms with E-state index < -0.39 is 25.6 Å². The second-order valence-electron chi connectivity index (χ2n) is 2.39. The molecule has 0 aromatic carbocycles. The van der Waals surface area contributed by atoms with Gasteiger partial charge in [0.2, 0.25) is 0 Å². The standard InChI is InChI=1S/C7H12O5S2/c1-3-13(8,9)6-5-12-7-14(10,11)4-2/h3-4H,1-2,5-7H2. The molecule has 0 bridgehead atoms. The van der Waals surface area contributed by atoms with E-state index in [9.17, 15) is 16.8 Å². The molecule has 0 saturated heterocycles. The summed E-state index contributed by atoms with van der Waals surface area (Å²) in [6.45, 7) is 5.99. The number of hydrogen-bond acceptors (Lipinski definition) is 5. The van der Waals surface area contributed by atoms with Crippen LogP contribution in [0.4, 0.5) is 0 Å². The highest BCUT2D eigenvalue weighted by molar-refractivity contribution is 7.94. The molecule has 0 aliphatic heterocycles. The average molecular weight is 240 g/mol. The van der Waals surface area contributed by atoms with Gasteiger partial charge in [0, 0.05) is 10.8 Å². The third-order valence-corrected chi connectivity index (χ3v) is 3.51. The minimum absolute atomic E-state index is 0.179. The van der Waals surface area contributed by atoms with Crippen molar-refractivity contribution in [3.05, 3.63) is 24.0 Å². The Morgan fingerprint density at radius 2 is 1.50 bits per heavy atom. The molecule has 0 radical (unpaired) electrons. The van der Waals surface area contributed by atoms with E-state index >= 15 is 0 Å². The summed E-state index contributed by atoms with van der Waals surface area (Å²) >= 11 is 0. The Kier molecular flexibility index (Phi) is 5.03. The lowest BCUT2D eigenvalue weighted by Gasteiger charge is -2.01. The van der Waals surface area contributed by atoms with Gasteiger partial charge in [0.25, 0.3) is 0 Å². The summed E-state index contributed by atoms with van der Waals surface area (Å²) in [5.41, 5.74) is 0. The summed E-state index contributed by atoms with van der Waals surface area (Å²) in [7, 11) is -6.75. The Bertz CT molecular complexity index is 350. The molecule has 0 unspecified atom stereocenters. The van der Waals surface area contributed by atoms with Crippen LogP contribution in [-0.2, 0) is 24.4 Å². The molecule has 0 N–H and O–H groups in total. The minimum atomic E-state index is -3.42. The third-order valence-electron chi connectivity index (χ3n) is 1.27. The maximum Gasteiger partial charge on any atom is 0.194 e. The Labute approximate surface area is 83.9 Å². The van der Waals surface area contributed by atoms with Crippen LogP contribution < -0.4 is 0 Å². The fraction of sp³-hybridized carbons (Fsp3) is 0.429. The van der Waals surface area contributed by atoms with Crippen molar-refractivity contribution in [2.45, 2.75) is 0 Å². The van der Waals surface area contributed by atoms with Crippen LogP contribution in [-0.4, -0.2) is 35.1 Å². The fourth-order valence-corrected chi connectivity index (χ4v) is 1.44. The molecule has 14 heavy (non-hydrogen) atoms. The van der Waals surface area contributed by atoms with Gasteiger partial charge in [-0.2, -0.15) is 0 Å². The highest BCUT2D eigenvalue weighted by Gasteiger charge is 2.07. The van der Waals surface area contributed by atoms with Gasteiger partial charge in [-0.25, -0.2) is 16.8 Å². The van der Waals surface area contributed by atoms with Crippen molar-refractivity contribution in [3.8, 4) is 0 Å². The van der Waals surface area contributed by atoms with E-state index in [0.29, 0.717) is 0 Å². The first-order valence-corrected chi connectivity index (χ1v) is 7.04. The van der Waals surface area contributed by atoms with E-state index in [1.807, 2.05) is 0 Å². The molecule has 0 aromatic heterocycles. The highest BCUT2D eigenvalue weighted by atomic mass is 32.2. The van der Waals surface area contributed by atoms with E-state index in [-0.39, 0.29) is 12.4 Å². The predicted octanol–water partition coefficient (Wildman–Crippen LogP) is 0.0771. The molecule has 0 heterocycles. The monoisotopic (exact) mass is 240 g/mol. The Morgan fingerprint density at radius 3 is 1.93 bits per heavy atom. The second kappa shape index (κ2) is 5.28. The van der Waals surface area contributed by atoms with Crippen molar-refractivity contribution in [3.63, 3.8) is 0 Å². The first-order valence-electron chi connectivity index (χ1n) is 3.61. The van der Waals surface area contributed by atoms with Crippen molar-refractivity contribution >= 4 is 19.7 Å². The Hall–Kier alpha value is -0.660. The van der Waals surface area contributed by atoms with Gasteiger partial charge < -0.3 is 4.74 Å². The van der Waals surface area contributed by atoms with Gasteiger partial charge in [-0.05, 0) is 0 Å². The first kappa shape index (κ1) is 13.3. The van der Waals surface area contributed by atoms with Crippen molar-refractivity contribution in [1.82, 2.24) is 0 Å². The van der Waals surface area contributed by atoms with Crippen molar-refractivity contribution in [2.75, 3.05) is 18.3 Å². The van der Waals surface area contributed by atoms with E-state index in [1.165, 1.54) is 0 Å². The van der Waals surface area contributed by atoms with Gasteiger partial charge in [0.05, 0.1) is 12.4 Å². The van der Waals surface area contributed by atoms with Crippen molar-refractivity contribution in [1.29, 1.82) is 0 Å². The number of sulfone groups is 2. The lowest BCUT2D eigenvalue weighted by molar-refractivity contribution is 0.194. The van der Waals surface area contributed by atoms with Crippen LogP contribution in [0, 0.1) is 0 Å². The summed E-state index contributed by atoms with van der Waals surface area (Å²) in [5, 5.41) is 1.56. The van der Waals surface area contributed by atoms with Crippen LogP contribution in [0.1, 0.15) is 0 Å². The summed E-state index contributed by atoms with van der Waals surface area (Å²) in [5.74, 6) is -0.827. The second-order valence-corrected chi connectivity index (χ2v) is 6.35. The van der Waals surface area contributed by atoms with Crippen LogP contribution in [0.3, 0.4) is 0 Å². The third kappa shape index (κ3) is 5.90. The van der Waals surface area contributed by atoms with Gasteiger partial charge in [-0.15, -0.1) is 0 Å². The van der Waals surface area contributed by atoms with Gasteiger partial charge in [-0.1, -0.05) is 13.2 Å². The molecule has 0 amide bonds. The van der Waals surface area contributed by atoms with Crippen LogP contribution in [0.25, 0.3) is 0 Å². The summed E-state index contributed by atoms with van der Waals surface area (Å²) in [4.78, 5) is 0. The largest absolute Gasteiger partial charge is 0.364 e. The SMILES string of the molecule is C=CS(=O)(=O)CCOCS(=O)(=O)C=C. The molecule has 0 saturated carbocycles. The van der Waals surface area contributed by atoms with Crippen LogP contribution in [0.5, 0.6) is 0 Å².